The van der Waals surface area contributed by atoms with Crippen molar-refractivity contribution in [1.29, 1.82) is 0 Å². The second-order valence-electron chi connectivity index (χ2n) is 8.47. The third-order valence-electron chi connectivity index (χ3n) is 5.59. The van der Waals surface area contributed by atoms with Crippen LogP contribution in [0, 0.1) is 0 Å². The fourth-order valence-electron chi connectivity index (χ4n) is 4.03. The number of para-hydroxylation sites is 2. The molecular weight excluding hydrogens is 429 g/mol. The van der Waals surface area contributed by atoms with Crippen LogP contribution >= 0.6 is 0 Å². The lowest BCUT2D eigenvalue weighted by molar-refractivity contribution is -0.137. The number of anilines is 4. The van der Waals surface area contributed by atoms with E-state index in [1.165, 1.54) is 31.2 Å². The number of halogens is 3. The van der Waals surface area contributed by atoms with Crippen molar-refractivity contribution >= 4 is 23.1 Å². The lowest BCUT2D eigenvalue weighted by Crippen LogP contribution is -2.13. The number of hydrogen-bond acceptors (Lipinski definition) is 5. The largest absolute Gasteiger partial charge is 0.489 e. The fraction of sp³-hybridized carbons (Fsp3) is 0.360. The van der Waals surface area contributed by atoms with Crippen molar-refractivity contribution in [2.45, 2.75) is 57.7 Å². The summed E-state index contributed by atoms with van der Waals surface area (Å²) in [6, 6.07) is 14.8. The fourth-order valence-corrected chi connectivity index (χ4v) is 4.03. The Morgan fingerprint density at radius 2 is 1.67 bits per heavy atom. The number of benzene rings is 2. The van der Waals surface area contributed by atoms with E-state index in [1.807, 2.05) is 26.0 Å². The minimum Gasteiger partial charge on any atom is -0.489 e. The second kappa shape index (κ2) is 9.68. The number of ether oxygens (including phenoxy) is 1. The average molecular weight is 457 g/mol. The summed E-state index contributed by atoms with van der Waals surface area (Å²) < 4.78 is 46.6. The Hall–Kier alpha value is -3.29. The summed E-state index contributed by atoms with van der Waals surface area (Å²) in [5.41, 5.74) is 1.44. The molecule has 0 unspecified atom stereocenters. The molecular formula is C25H27F3N4O. The molecule has 1 aliphatic rings. The van der Waals surface area contributed by atoms with E-state index in [1.54, 1.807) is 24.3 Å². The Balaban J connectivity index is 1.59. The highest BCUT2D eigenvalue weighted by Gasteiger charge is 2.35. The predicted molar refractivity (Wildman–Crippen MR) is 123 cm³/mol. The summed E-state index contributed by atoms with van der Waals surface area (Å²) in [6.45, 7) is 3.70. The van der Waals surface area contributed by atoms with Crippen LogP contribution in [0.2, 0.25) is 0 Å². The summed E-state index contributed by atoms with van der Waals surface area (Å²) >= 11 is 0. The van der Waals surface area contributed by atoms with Gasteiger partial charge in [-0.05, 0) is 62.4 Å². The van der Waals surface area contributed by atoms with Gasteiger partial charge in [0.25, 0.3) is 0 Å². The van der Waals surface area contributed by atoms with E-state index in [0.717, 1.165) is 6.20 Å². The molecule has 2 aromatic carbocycles. The van der Waals surface area contributed by atoms with Gasteiger partial charge in [-0.15, -0.1) is 0 Å². The maximum atomic E-state index is 13.6. The number of rotatable bonds is 7. The Kier molecular flexibility index (Phi) is 6.72. The first-order valence-corrected chi connectivity index (χ1v) is 11.1. The van der Waals surface area contributed by atoms with Gasteiger partial charge in [0, 0.05) is 11.9 Å². The molecule has 0 amide bonds. The number of hydrogen-bond donors (Lipinski definition) is 2. The van der Waals surface area contributed by atoms with Crippen LogP contribution in [0.3, 0.4) is 0 Å². The smallest absolute Gasteiger partial charge is 0.421 e. The Morgan fingerprint density at radius 1 is 0.970 bits per heavy atom. The van der Waals surface area contributed by atoms with Crippen molar-refractivity contribution in [2.75, 3.05) is 10.6 Å². The number of nitrogens with one attached hydrogen (secondary N) is 2. The molecule has 3 aromatic rings. The van der Waals surface area contributed by atoms with Gasteiger partial charge in [-0.3, -0.25) is 0 Å². The molecule has 0 spiro atoms. The Bertz CT molecular complexity index is 1080. The quantitative estimate of drug-likeness (QED) is 0.387. The van der Waals surface area contributed by atoms with Crippen molar-refractivity contribution in [3.8, 4) is 5.75 Å². The van der Waals surface area contributed by atoms with Crippen LogP contribution in [0.15, 0.2) is 54.7 Å². The molecule has 1 aliphatic carbocycles. The van der Waals surface area contributed by atoms with Crippen LogP contribution in [-0.4, -0.2) is 16.1 Å². The molecule has 0 aliphatic heterocycles. The van der Waals surface area contributed by atoms with Gasteiger partial charge >= 0.3 is 6.18 Å². The normalized spacial score (nSPS) is 14.5. The zero-order valence-corrected chi connectivity index (χ0v) is 18.6. The highest BCUT2D eigenvalue weighted by Crippen LogP contribution is 2.38. The van der Waals surface area contributed by atoms with Crippen LogP contribution in [0.1, 0.15) is 56.6 Å². The summed E-state index contributed by atoms with van der Waals surface area (Å²) in [5.74, 6) is 0.755. The van der Waals surface area contributed by atoms with Gasteiger partial charge in [-0.1, -0.05) is 37.1 Å². The molecule has 4 rings (SSSR count). The molecule has 8 heteroatoms. The molecule has 1 aromatic heterocycles. The second-order valence-corrected chi connectivity index (χ2v) is 8.47. The van der Waals surface area contributed by atoms with Crippen LogP contribution < -0.4 is 15.4 Å². The first kappa shape index (κ1) is 22.9. The van der Waals surface area contributed by atoms with E-state index >= 15 is 0 Å². The number of nitrogens with zero attached hydrogens (tertiary/aromatic N) is 2. The van der Waals surface area contributed by atoms with E-state index in [0.29, 0.717) is 23.0 Å². The monoisotopic (exact) mass is 456 g/mol. The standard InChI is InChI=1S/C25H27F3N4O/c1-16(2)33-22-10-6-5-9-21(22)31-23-20(25(26,27)28)15-29-24(32-23)30-19-13-11-18(12-14-19)17-7-3-4-8-17/h5-6,9-17H,3-4,7-8H2,1-2H3,(H2,29,30,31,32). The Labute approximate surface area is 191 Å². The maximum absolute atomic E-state index is 13.6. The summed E-state index contributed by atoms with van der Waals surface area (Å²) in [7, 11) is 0. The van der Waals surface area contributed by atoms with Gasteiger partial charge < -0.3 is 15.4 Å². The topological polar surface area (TPSA) is 59.1 Å². The van der Waals surface area contributed by atoms with Crippen molar-refractivity contribution in [2.24, 2.45) is 0 Å². The molecule has 174 valence electrons. The molecule has 0 saturated heterocycles. The van der Waals surface area contributed by atoms with E-state index in [2.05, 4.69) is 32.7 Å². The van der Waals surface area contributed by atoms with Crippen molar-refractivity contribution < 1.29 is 17.9 Å². The van der Waals surface area contributed by atoms with Gasteiger partial charge in [0.15, 0.2) is 0 Å². The van der Waals surface area contributed by atoms with E-state index in [9.17, 15) is 13.2 Å². The van der Waals surface area contributed by atoms with Crippen LogP contribution in [0.5, 0.6) is 5.75 Å². The van der Waals surface area contributed by atoms with Gasteiger partial charge in [0.1, 0.15) is 17.1 Å². The minimum absolute atomic E-state index is 0.0707. The SMILES string of the molecule is CC(C)Oc1ccccc1Nc1nc(Nc2ccc(C3CCCC3)cc2)ncc1C(F)(F)F. The van der Waals surface area contributed by atoms with Crippen LogP contribution in [0.25, 0.3) is 0 Å². The van der Waals surface area contributed by atoms with Crippen LogP contribution in [-0.2, 0) is 6.18 Å². The van der Waals surface area contributed by atoms with E-state index in [4.69, 9.17) is 4.74 Å². The van der Waals surface area contributed by atoms with Gasteiger partial charge in [0.2, 0.25) is 5.95 Å². The van der Waals surface area contributed by atoms with Gasteiger partial charge in [0.05, 0.1) is 11.8 Å². The predicted octanol–water partition coefficient (Wildman–Crippen LogP) is 7.43. The first-order chi connectivity index (χ1) is 15.8. The molecule has 1 heterocycles. The van der Waals surface area contributed by atoms with Crippen LogP contribution in [0.4, 0.5) is 36.3 Å². The van der Waals surface area contributed by atoms with E-state index < -0.39 is 11.7 Å². The molecule has 1 fully saturated rings. The van der Waals surface area contributed by atoms with Gasteiger partial charge in [-0.25, -0.2) is 4.98 Å². The lowest BCUT2D eigenvalue weighted by atomic mass is 9.98. The molecule has 33 heavy (non-hydrogen) atoms. The summed E-state index contributed by atoms with van der Waals surface area (Å²) in [5, 5.41) is 5.80. The molecule has 5 nitrogen and oxygen atoms in total. The summed E-state index contributed by atoms with van der Waals surface area (Å²) in [6.07, 6.45) is 0.951. The zero-order valence-electron chi connectivity index (χ0n) is 18.6. The molecule has 0 atom stereocenters. The number of aromatic nitrogens is 2. The van der Waals surface area contributed by atoms with Crippen molar-refractivity contribution in [1.82, 2.24) is 9.97 Å². The van der Waals surface area contributed by atoms with Crippen molar-refractivity contribution in [3.63, 3.8) is 0 Å². The van der Waals surface area contributed by atoms with Crippen molar-refractivity contribution in [3.05, 3.63) is 65.9 Å². The average Bonchev–Trinajstić information content (AvgIpc) is 3.30. The molecule has 1 saturated carbocycles. The number of alkyl halides is 3. The molecule has 2 N–H and O–H groups in total. The molecule has 0 bridgehead atoms. The Morgan fingerprint density at radius 3 is 2.33 bits per heavy atom. The highest BCUT2D eigenvalue weighted by molar-refractivity contribution is 5.67. The lowest BCUT2D eigenvalue weighted by Gasteiger charge is -2.18. The third kappa shape index (κ3) is 5.74. The molecule has 0 radical (unpaired) electrons. The zero-order chi connectivity index (χ0) is 23.4. The third-order valence-corrected chi connectivity index (χ3v) is 5.59. The summed E-state index contributed by atoms with van der Waals surface area (Å²) in [4.78, 5) is 8.04. The van der Waals surface area contributed by atoms with Gasteiger partial charge in [-0.2, -0.15) is 18.2 Å². The van der Waals surface area contributed by atoms with E-state index in [-0.39, 0.29) is 17.9 Å². The maximum Gasteiger partial charge on any atom is 0.421 e. The first-order valence-electron chi connectivity index (χ1n) is 11.1. The minimum atomic E-state index is -4.61. The highest BCUT2D eigenvalue weighted by atomic mass is 19.4.